The van der Waals surface area contributed by atoms with E-state index in [1.807, 2.05) is 30.3 Å². The van der Waals surface area contributed by atoms with Gasteiger partial charge in [0.1, 0.15) is 16.4 Å². The zero-order valence-electron chi connectivity index (χ0n) is 14.9. The second kappa shape index (κ2) is 6.40. The van der Waals surface area contributed by atoms with Crippen LogP contribution in [0.3, 0.4) is 0 Å². The van der Waals surface area contributed by atoms with Crippen LogP contribution in [0.25, 0.3) is 0 Å². The van der Waals surface area contributed by atoms with E-state index in [1.54, 1.807) is 56.7 Å². The first kappa shape index (κ1) is 17.6. The Hall–Kier alpha value is -2.83. The van der Waals surface area contributed by atoms with Gasteiger partial charge in [-0.3, -0.25) is 0 Å². The Balaban J connectivity index is 2.01. The summed E-state index contributed by atoms with van der Waals surface area (Å²) in [5.74, 6) is 1.36. The third-order valence-corrected chi connectivity index (χ3v) is 6.13. The second-order valence-corrected chi connectivity index (χ2v) is 7.69. The highest BCUT2D eigenvalue weighted by Gasteiger charge is 2.51. The first-order valence-electron chi connectivity index (χ1n) is 8.35. The van der Waals surface area contributed by atoms with Crippen LogP contribution in [0.15, 0.2) is 77.7 Å². The van der Waals surface area contributed by atoms with Gasteiger partial charge in [0.15, 0.2) is 5.60 Å². The highest BCUT2D eigenvalue weighted by molar-refractivity contribution is 7.87. The molecule has 0 saturated heterocycles. The van der Waals surface area contributed by atoms with Crippen LogP contribution in [0.2, 0.25) is 0 Å². The molecular weight excluding hydrogens is 364 g/mol. The molecule has 0 atom stereocenters. The van der Waals surface area contributed by atoms with Crippen molar-refractivity contribution in [3.05, 3.63) is 89.5 Å². The summed E-state index contributed by atoms with van der Waals surface area (Å²) in [6, 6.07) is 21.3. The Kier molecular flexibility index (Phi) is 4.17. The van der Waals surface area contributed by atoms with Gasteiger partial charge in [-0.15, -0.1) is 0 Å². The van der Waals surface area contributed by atoms with Gasteiger partial charge in [-0.25, -0.2) is 4.18 Å². The molecule has 6 heteroatoms. The minimum atomic E-state index is -3.90. The zero-order valence-corrected chi connectivity index (χ0v) is 15.7. The van der Waals surface area contributed by atoms with Crippen LogP contribution in [0.4, 0.5) is 0 Å². The molecule has 0 fully saturated rings. The van der Waals surface area contributed by atoms with E-state index in [9.17, 15) is 8.42 Å². The summed E-state index contributed by atoms with van der Waals surface area (Å²) in [7, 11) is -0.737. The van der Waals surface area contributed by atoms with E-state index in [4.69, 9.17) is 13.7 Å². The van der Waals surface area contributed by atoms with Crippen molar-refractivity contribution < 1.29 is 22.1 Å². The van der Waals surface area contributed by atoms with Crippen molar-refractivity contribution >= 4 is 10.1 Å². The lowest BCUT2D eigenvalue weighted by atomic mass is 9.80. The number of benzene rings is 3. The summed E-state index contributed by atoms with van der Waals surface area (Å²) in [5, 5.41) is 0. The van der Waals surface area contributed by atoms with E-state index in [-0.39, 0.29) is 4.90 Å². The van der Waals surface area contributed by atoms with Gasteiger partial charge in [0.2, 0.25) is 0 Å². The normalized spacial score (nSPS) is 16.5. The van der Waals surface area contributed by atoms with E-state index < -0.39 is 15.7 Å². The molecule has 1 aliphatic rings. The molecule has 0 radical (unpaired) electrons. The molecule has 1 aliphatic heterocycles. The highest BCUT2D eigenvalue weighted by atomic mass is 32.2. The molecule has 0 N–H and O–H groups in total. The van der Waals surface area contributed by atoms with Crippen LogP contribution in [0.1, 0.15) is 16.7 Å². The lowest BCUT2D eigenvalue weighted by molar-refractivity contribution is 0.180. The van der Waals surface area contributed by atoms with Crippen molar-refractivity contribution in [2.24, 2.45) is 0 Å². The summed E-state index contributed by atoms with van der Waals surface area (Å²) < 4.78 is 41.9. The number of methoxy groups -OCH3 is 2. The van der Waals surface area contributed by atoms with Gasteiger partial charge in [-0.2, -0.15) is 8.42 Å². The maximum Gasteiger partial charge on any atom is 0.298 e. The topological polar surface area (TPSA) is 61.8 Å². The lowest BCUT2D eigenvalue weighted by Crippen LogP contribution is -2.29. The smallest absolute Gasteiger partial charge is 0.298 e. The fraction of sp³-hybridized carbons (Fsp3) is 0.143. The molecule has 0 aromatic heterocycles. The van der Waals surface area contributed by atoms with Gasteiger partial charge in [0.25, 0.3) is 10.1 Å². The van der Waals surface area contributed by atoms with Crippen LogP contribution in [-0.2, 0) is 19.9 Å². The SMILES string of the molecule is COc1ccc(C2(c3ccc(OC)cc3)OS(=O)(=O)c3ccccc32)cc1. The summed E-state index contributed by atoms with van der Waals surface area (Å²) in [6.07, 6.45) is 0. The number of hydrogen-bond donors (Lipinski definition) is 0. The molecule has 3 aromatic rings. The first-order valence-corrected chi connectivity index (χ1v) is 9.76. The van der Waals surface area contributed by atoms with Gasteiger partial charge in [0.05, 0.1) is 14.2 Å². The van der Waals surface area contributed by atoms with Crippen LogP contribution < -0.4 is 9.47 Å². The van der Waals surface area contributed by atoms with E-state index in [1.165, 1.54) is 0 Å². The van der Waals surface area contributed by atoms with Crippen molar-refractivity contribution in [2.75, 3.05) is 14.2 Å². The summed E-state index contributed by atoms with van der Waals surface area (Å²) in [6.45, 7) is 0. The van der Waals surface area contributed by atoms with Crippen LogP contribution in [0.5, 0.6) is 11.5 Å². The molecular formula is C21H18O5S. The van der Waals surface area contributed by atoms with Gasteiger partial charge in [-0.05, 0) is 41.5 Å². The van der Waals surface area contributed by atoms with E-state index in [0.717, 1.165) is 0 Å². The Bertz CT molecular complexity index is 1020. The second-order valence-electron chi connectivity index (χ2n) is 6.17. The van der Waals surface area contributed by atoms with Crippen molar-refractivity contribution in [1.29, 1.82) is 0 Å². The maximum atomic E-state index is 12.8. The molecule has 0 saturated carbocycles. The molecule has 0 amide bonds. The molecule has 27 heavy (non-hydrogen) atoms. The Morgan fingerprint density at radius 2 is 1.22 bits per heavy atom. The molecule has 4 rings (SSSR count). The average Bonchev–Trinajstić information content (AvgIpc) is 2.97. The predicted octanol–water partition coefficient (Wildman–Crippen LogP) is 3.71. The predicted molar refractivity (Wildman–Crippen MR) is 101 cm³/mol. The van der Waals surface area contributed by atoms with Gasteiger partial charge in [-0.1, -0.05) is 42.5 Å². The van der Waals surface area contributed by atoms with Crippen LogP contribution in [-0.4, -0.2) is 22.6 Å². The van der Waals surface area contributed by atoms with Crippen molar-refractivity contribution in [2.45, 2.75) is 10.5 Å². The molecule has 5 nitrogen and oxygen atoms in total. The number of fused-ring (bicyclic) bond motifs is 1. The molecule has 0 spiro atoms. The standard InChI is InChI=1S/C21H18O5S/c1-24-17-11-7-15(8-12-17)21(16-9-13-18(25-2)14-10-16)19-5-3-4-6-20(19)27(22,23)26-21/h3-14H,1-2H3. The van der Waals surface area contributed by atoms with Gasteiger partial charge < -0.3 is 9.47 Å². The number of ether oxygens (including phenoxy) is 2. The fourth-order valence-electron chi connectivity index (χ4n) is 3.46. The monoisotopic (exact) mass is 382 g/mol. The summed E-state index contributed by atoms with van der Waals surface area (Å²) >= 11 is 0. The Morgan fingerprint density at radius 1 is 0.741 bits per heavy atom. The van der Waals surface area contributed by atoms with Crippen LogP contribution in [0, 0.1) is 0 Å². The van der Waals surface area contributed by atoms with Crippen molar-refractivity contribution in [3.63, 3.8) is 0 Å². The zero-order chi connectivity index (χ0) is 19.1. The summed E-state index contributed by atoms with van der Waals surface area (Å²) in [4.78, 5) is 0.177. The highest BCUT2D eigenvalue weighted by Crippen LogP contribution is 2.50. The van der Waals surface area contributed by atoms with E-state index in [0.29, 0.717) is 28.2 Å². The molecule has 0 bridgehead atoms. The first-order chi connectivity index (χ1) is 13.0. The van der Waals surface area contributed by atoms with Gasteiger partial charge in [0, 0.05) is 5.56 Å². The van der Waals surface area contributed by atoms with Crippen molar-refractivity contribution in [1.82, 2.24) is 0 Å². The minimum absolute atomic E-state index is 0.177. The van der Waals surface area contributed by atoms with Gasteiger partial charge >= 0.3 is 0 Å². The van der Waals surface area contributed by atoms with Crippen molar-refractivity contribution in [3.8, 4) is 11.5 Å². The fourth-order valence-corrected chi connectivity index (χ4v) is 4.88. The third kappa shape index (κ3) is 2.69. The Morgan fingerprint density at radius 3 is 1.70 bits per heavy atom. The largest absolute Gasteiger partial charge is 0.497 e. The number of hydrogen-bond acceptors (Lipinski definition) is 5. The molecule has 1 heterocycles. The van der Waals surface area contributed by atoms with Crippen LogP contribution >= 0.6 is 0 Å². The molecule has 0 unspecified atom stereocenters. The average molecular weight is 382 g/mol. The third-order valence-electron chi connectivity index (χ3n) is 4.76. The maximum absolute atomic E-state index is 12.8. The Labute approximate surface area is 158 Å². The van der Waals surface area contributed by atoms with E-state index in [2.05, 4.69) is 0 Å². The quantitative estimate of drug-likeness (QED) is 0.644. The minimum Gasteiger partial charge on any atom is -0.497 e. The number of rotatable bonds is 4. The molecule has 138 valence electrons. The molecule has 3 aromatic carbocycles. The summed E-state index contributed by atoms with van der Waals surface area (Å²) in [5.41, 5.74) is 0.706. The van der Waals surface area contributed by atoms with E-state index >= 15 is 0 Å². The molecule has 0 aliphatic carbocycles. The lowest BCUT2D eigenvalue weighted by Gasteiger charge is -2.29.